The number of benzene rings is 3. The molecule has 1 unspecified atom stereocenters. The molecule has 0 bridgehead atoms. The molecule has 200 valence electrons. The molecule has 5 rings (SSSR count). The van der Waals surface area contributed by atoms with E-state index in [1.165, 1.54) is 24.8 Å². The molecule has 8 heteroatoms. The number of likely N-dealkylation sites (tertiary alicyclic amines) is 1. The zero-order chi connectivity index (χ0) is 25.7. The van der Waals surface area contributed by atoms with E-state index in [-0.39, 0.29) is 17.3 Å². The van der Waals surface area contributed by atoms with Crippen LogP contribution in [-0.2, 0) is 16.6 Å². The first-order valence-electron chi connectivity index (χ1n) is 12.8. The van der Waals surface area contributed by atoms with E-state index < -0.39 is 10.0 Å². The number of para-hydroxylation sites is 1. The number of methoxy groups -OCH3 is 1. The Morgan fingerprint density at radius 1 is 0.921 bits per heavy atom. The fourth-order valence-corrected chi connectivity index (χ4v) is 6.19. The van der Waals surface area contributed by atoms with Gasteiger partial charge < -0.3 is 9.72 Å². The zero-order valence-electron chi connectivity index (χ0n) is 21.5. The molecule has 1 aliphatic heterocycles. The number of halogens is 1. The maximum atomic E-state index is 13.1. The predicted octanol–water partition coefficient (Wildman–Crippen LogP) is 7.03. The Balaban J connectivity index is 0.00000336. The number of H-pyrrole nitrogens is 1. The Bertz CT molecular complexity index is 1430. The van der Waals surface area contributed by atoms with E-state index in [0.717, 1.165) is 30.9 Å². The summed E-state index contributed by atoms with van der Waals surface area (Å²) in [6.07, 6.45) is 4.84. The number of rotatable bonds is 8. The second-order valence-corrected chi connectivity index (χ2v) is 11.2. The van der Waals surface area contributed by atoms with Crippen molar-refractivity contribution in [2.75, 3.05) is 18.4 Å². The van der Waals surface area contributed by atoms with Gasteiger partial charge in [-0.05, 0) is 67.4 Å². The molecule has 2 heterocycles. The molecule has 0 spiro atoms. The fraction of sp³-hybridized carbons (Fsp3) is 0.267. The van der Waals surface area contributed by atoms with Crippen LogP contribution in [0.2, 0.25) is 0 Å². The summed E-state index contributed by atoms with van der Waals surface area (Å²) >= 11 is 0. The Kier molecular flexibility index (Phi) is 9.15. The highest BCUT2D eigenvalue weighted by molar-refractivity contribution is 7.92. The zero-order valence-corrected chi connectivity index (χ0v) is 23.1. The third kappa shape index (κ3) is 6.41. The normalized spacial score (nSPS) is 16.3. The topological polar surface area (TPSA) is 74.4 Å². The van der Waals surface area contributed by atoms with E-state index in [4.69, 9.17) is 4.74 Å². The van der Waals surface area contributed by atoms with Crippen LogP contribution >= 0.6 is 12.4 Å². The van der Waals surface area contributed by atoms with Gasteiger partial charge in [0.15, 0.2) is 0 Å². The molecule has 38 heavy (non-hydrogen) atoms. The van der Waals surface area contributed by atoms with Crippen LogP contribution in [0.5, 0.6) is 5.75 Å². The van der Waals surface area contributed by atoms with Crippen LogP contribution in [0.4, 0.5) is 5.69 Å². The Morgan fingerprint density at radius 3 is 2.39 bits per heavy atom. The smallest absolute Gasteiger partial charge is 0.261 e. The molecule has 2 N–H and O–H groups in total. The van der Waals surface area contributed by atoms with E-state index in [1.54, 1.807) is 49.6 Å². The summed E-state index contributed by atoms with van der Waals surface area (Å²) in [7, 11) is -2.16. The van der Waals surface area contributed by atoms with Crippen LogP contribution in [0.25, 0.3) is 11.3 Å². The number of hydrogen-bond donors (Lipinski definition) is 2. The summed E-state index contributed by atoms with van der Waals surface area (Å²) in [6.45, 7) is 1.85. The van der Waals surface area contributed by atoms with Gasteiger partial charge in [0, 0.05) is 35.2 Å². The monoisotopic (exact) mass is 551 g/mol. The van der Waals surface area contributed by atoms with Crippen molar-refractivity contribution in [2.45, 2.75) is 43.2 Å². The molecule has 1 aromatic heterocycles. The molecule has 4 aromatic rings. The number of sulfonamides is 1. The number of aromatic amines is 1. The largest absolute Gasteiger partial charge is 0.496 e. The van der Waals surface area contributed by atoms with Gasteiger partial charge in [-0.15, -0.1) is 12.4 Å². The van der Waals surface area contributed by atoms with Crippen molar-refractivity contribution < 1.29 is 13.2 Å². The molecule has 0 amide bonds. The van der Waals surface area contributed by atoms with Gasteiger partial charge in [0.25, 0.3) is 10.0 Å². The van der Waals surface area contributed by atoms with Gasteiger partial charge >= 0.3 is 0 Å². The van der Waals surface area contributed by atoms with E-state index in [9.17, 15) is 8.42 Å². The number of aromatic nitrogens is 1. The van der Waals surface area contributed by atoms with Gasteiger partial charge in [0.05, 0.1) is 12.0 Å². The van der Waals surface area contributed by atoms with E-state index in [2.05, 4.69) is 51.0 Å². The van der Waals surface area contributed by atoms with Crippen LogP contribution < -0.4 is 9.46 Å². The number of nitrogens with one attached hydrogen (secondary N) is 2. The van der Waals surface area contributed by atoms with Gasteiger partial charge in [-0.25, -0.2) is 8.42 Å². The molecular formula is C30H34ClN3O3S. The third-order valence-electron chi connectivity index (χ3n) is 6.97. The lowest BCUT2D eigenvalue weighted by atomic mass is 10.0. The summed E-state index contributed by atoms with van der Waals surface area (Å²) in [5, 5.41) is 0. The van der Waals surface area contributed by atoms with Gasteiger partial charge in [-0.1, -0.05) is 61.4 Å². The average Bonchev–Trinajstić information content (AvgIpc) is 3.26. The average molecular weight is 552 g/mol. The lowest BCUT2D eigenvalue weighted by molar-refractivity contribution is 0.190. The van der Waals surface area contributed by atoms with Crippen molar-refractivity contribution in [1.29, 1.82) is 0 Å². The quantitative estimate of drug-likeness (QED) is 0.246. The summed E-state index contributed by atoms with van der Waals surface area (Å²) in [4.78, 5) is 6.27. The molecular weight excluding hydrogens is 518 g/mol. The van der Waals surface area contributed by atoms with Crippen molar-refractivity contribution in [2.24, 2.45) is 0 Å². The fourth-order valence-electron chi connectivity index (χ4n) is 5.10. The number of nitrogens with zero attached hydrogens (tertiary/aromatic N) is 1. The lowest BCUT2D eigenvalue weighted by Crippen LogP contribution is -2.28. The van der Waals surface area contributed by atoms with Crippen molar-refractivity contribution in [3.8, 4) is 17.0 Å². The minimum absolute atomic E-state index is 0. The third-order valence-corrected chi connectivity index (χ3v) is 8.34. The summed E-state index contributed by atoms with van der Waals surface area (Å²) in [6, 6.07) is 29.1. The maximum absolute atomic E-state index is 13.1. The molecule has 0 radical (unpaired) electrons. The van der Waals surface area contributed by atoms with Crippen LogP contribution in [0.15, 0.2) is 95.9 Å². The predicted molar refractivity (Wildman–Crippen MR) is 155 cm³/mol. The Morgan fingerprint density at radius 2 is 1.66 bits per heavy atom. The van der Waals surface area contributed by atoms with Crippen LogP contribution in [0, 0.1) is 0 Å². The lowest BCUT2D eigenvalue weighted by Gasteiger charge is -2.30. The van der Waals surface area contributed by atoms with E-state index in [0.29, 0.717) is 23.0 Å². The van der Waals surface area contributed by atoms with Crippen molar-refractivity contribution in [3.63, 3.8) is 0 Å². The summed E-state index contributed by atoms with van der Waals surface area (Å²) in [5.41, 5.74) is 4.51. The maximum Gasteiger partial charge on any atom is 0.261 e. The second-order valence-electron chi connectivity index (χ2n) is 9.48. The highest BCUT2D eigenvalue weighted by Crippen LogP contribution is 2.34. The molecule has 1 fully saturated rings. The highest BCUT2D eigenvalue weighted by atomic mass is 35.5. The standard InChI is InChI=1S/C30H33N3O3S.ClH/c1-36-30-19-17-26(37(34,35)32-24-13-7-3-8-14-24)21-27(30)28-18-16-25(31-28)22-33-20-10-4-9-15-29(33)23-11-5-2-6-12-23;/h2-3,5-8,11-14,16-19,21,29,31-32H,4,9-10,15,20,22H2,1H3;1H. The van der Waals surface area contributed by atoms with Crippen LogP contribution in [-0.4, -0.2) is 32.0 Å². The first-order valence-corrected chi connectivity index (χ1v) is 14.2. The van der Waals surface area contributed by atoms with Crippen molar-refractivity contribution in [1.82, 2.24) is 9.88 Å². The first kappa shape index (κ1) is 27.8. The van der Waals surface area contributed by atoms with Gasteiger partial charge in [-0.2, -0.15) is 0 Å². The van der Waals surface area contributed by atoms with Crippen molar-refractivity contribution >= 4 is 28.1 Å². The molecule has 3 aromatic carbocycles. The molecule has 1 atom stereocenters. The molecule has 0 saturated carbocycles. The minimum atomic E-state index is -3.75. The van der Waals surface area contributed by atoms with Crippen LogP contribution in [0.1, 0.15) is 43.0 Å². The van der Waals surface area contributed by atoms with Gasteiger partial charge in [0.2, 0.25) is 0 Å². The second kappa shape index (κ2) is 12.5. The minimum Gasteiger partial charge on any atom is -0.496 e. The number of hydrogen-bond acceptors (Lipinski definition) is 4. The summed E-state index contributed by atoms with van der Waals surface area (Å²) < 4.78 is 34.4. The SMILES string of the molecule is COc1ccc(S(=O)(=O)Nc2ccccc2)cc1-c1ccc(CN2CCCCCC2c2ccccc2)[nH]1.Cl. The highest BCUT2D eigenvalue weighted by Gasteiger charge is 2.24. The van der Waals surface area contributed by atoms with Crippen LogP contribution in [0.3, 0.4) is 0 Å². The first-order chi connectivity index (χ1) is 18.0. The molecule has 0 aliphatic carbocycles. The summed E-state index contributed by atoms with van der Waals surface area (Å²) in [5.74, 6) is 0.615. The van der Waals surface area contributed by atoms with Crippen molar-refractivity contribution in [3.05, 3.63) is 102 Å². The Labute approximate surface area is 231 Å². The van der Waals surface area contributed by atoms with E-state index >= 15 is 0 Å². The molecule has 6 nitrogen and oxygen atoms in total. The van der Waals surface area contributed by atoms with E-state index in [1.807, 2.05) is 12.1 Å². The molecule has 1 saturated heterocycles. The Hall–Kier alpha value is -3.26. The molecule has 1 aliphatic rings. The van der Waals surface area contributed by atoms with Gasteiger partial charge in [-0.3, -0.25) is 9.62 Å². The number of anilines is 1. The van der Waals surface area contributed by atoms with Gasteiger partial charge in [0.1, 0.15) is 5.75 Å². The number of ether oxygens (including phenoxy) is 1.